The van der Waals surface area contributed by atoms with E-state index < -0.39 is 6.04 Å². The number of rotatable bonds is 8. The summed E-state index contributed by atoms with van der Waals surface area (Å²) in [6.07, 6.45) is 2.06. The number of hydrogen-bond donors (Lipinski definition) is 1. The van der Waals surface area contributed by atoms with E-state index in [-0.39, 0.29) is 18.3 Å². The van der Waals surface area contributed by atoms with Crippen molar-refractivity contribution >= 4 is 23.6 Å². The van der Waals surface area contributed by atoms with E-state index >= 15 is 0 Å². The van der Waals surface area contributed by atoms with Crippen molar-refractivity contribution in [1.82, 2.24) is 15.1 Å². The quantitative estimate of drug-likeness (QED) is 0.420. The molecule has 0 saturated heterocycles. The average Bonchev–Trinajstić information content (AvgIpc) is 3.09. The first-order valence-corrected chi connectivity index (χ1v) is 11.2. The van der Waals surface area contributed by atoms with Crippen LogP contribution in [0, 0.1) is 13.8 Å². The van der Waals surface area contributed by atoms with Crippen LogP contribution in [-0.2, 0) is 16.1 Å². The minimum atomic E-state index is -0.476. The van der Waals surface area contributed by atoms with Gasteiger partial charge < -0.3 is 10.1 Å². The lowest BCUT2D eigenvalue weighted by atomic mass is 10.0. The Bertz CT molecular complexity index is 1060. The van der Waals surface area contributed by atoms with Crippen LogP contribution in [0.25, 0.3) is 0 Å². The molecule has 0 bridgehead atoms. The monoisotopic (exact) mass is 437 g/mol. The van der Waals surface area contributed by atoms with Gasteiger partial charge in [-0.05, 0) is 61.6 Å². The number of methoxy groups -OCH3 is 1. The number of carbonyl (C=O) groups excluding carboxylic acids is 2. The van der Waals surface area contributed by atoms with Crippen molar-refractivity contribution in [3.05, 3.63) is 82.7 Å². The second kappa shape index (κ2) is 10.3. The summed E-state index contributed by atoms with van der Waals surface area (Å²) in [7, 11) is 1.35. The van der Waals surface area contributed by atoms with E-state index in [1.165, 1.54) is 7.11 Å². The van der Waals surface area contributed by atoms with E-state index in [0.717, 1.165) is 27.4 Å². The number of nitrogens with zero attached hydrogens (tertiary/aromatic N) is 2. The van der Waals surface area contributed by atoms with Crippen molar-refractivity contribution in [2.45, 2.75) is 37.8 Å². The van der Waals surface area contributed by atoms with Gasteiger partial charge in [-0.1, -0.05) is 24.3 Å². The maximum absolute atomic E-state index is 13.0. The molecular formula is C24H27N3O3S. The van der Waals surface area contributed by atoms with Crippen molar-refractivity contribution in [3.63, 3.8) is 0 Å². The Kier molecular flexibility index (Phi) is 7.52. The van der Waals surface area contributed by atoms with Gasteiger partial charge in [-0.15, -0.1) is 11.8 Å². The molecule has 1 heterocycles. The zero-order chi connectivity index (χ0) is 22.4. The van der Waals surface area contributed by atoms with Gasteiger partial charge >= 0.3 is 5.97 Å². The molecule has 162 valence electrons. The predicted octanol–water partition coefficient (Wildman–Crippen LogP) is 4.30. The Morgan fingerprint density at radius 2 is 1.87 bits per heavy atom. The molecule has 1 aromatic heterocycles. The maximum atomic E-state index is 13.0. The molecule has 0 saturated carbocycles. The number of aromatic nitrogens is 2. The third kappa shape index (κ3) is 5.98. The van der Waals surface area contributed by atoms with Crippen LogP contribution >= 0.6 is 11.8 Å². The second-order valence-electron chi connectivity index (χ2n) is 7.36. The average molecular weight is 438 g/mol. The van der Waals surface area contributed by atoms with Crippen LogP contribution < -0.4 is 5.32 Å². The number of esters is 1. The summed E-state index contributed by atoms with van der Waals surface area (Å²) < 4.78 is 6.75. The van der Waals surface area contributed by atoms with Crippen LogP contribution in [0.1, 0.15) is 45.3 Å². The van der Waals surface area contributed by atoms with Crippen LogP contribution in [0.4, 0.5) is 0 Å². The molecule has 1 atom stereocenters. The number of amides is 1. The van der Waals surface area contributed by atoms with E-state index in [2.05, 4.69) is 10.4 Å². The van der Waals surface area contributed by atoms with Gasteiger partial charge in [0, 0.05) is 16.2 Å². The molecular weight excluding hydrogens is 410 g/mol. The summed E-state index contributed by atoms with van der Waals surface area (Å²) in [5, 5.41) is 7.48. The molecule has 0 radical (unpaired) electrons. The van der Waals surface area contributed by atoms with Crippen LogP contribution in [0.5, 0.6) is 0 Å². The summed E-state index contributed by atoms with van der Waals surface area (Å²) in [6, 6.07) is 16.8. The lowest BCUT2D eigenvalue weighted by Gasteiger charge is -2.19. The molecule has 31 heavy (non-hydrogen) atoms. The smallest absolute Gasteiger partial charge is 0.307 e. The molecule has 1 unspecified atom stereocenters. The SMILES string of the molecule is COC(=O)CC(NC(=O)c1cccc(Cn2nc(C)cc2C)c1)c1ccc(SC)cc1. The normalized spacial score (nSPS) is 11.7. The lowest BCUT2D eigenvalue weighted by molar-refractivity contribution is -0.141. The highest BCUT2D eigenvalue weighted by Crippen LogP contribution is 2.22. The van der Waals surface area contributed by atoms with E-state index in [1.54, 1.807) is 17.8 Å². The number of benzene rings is 2. The third-order valence-corrected chi connectivity index (χ3v) is 5.79. The Labute approximate surface area is 187 Å². The number of ether oxygens (including phenoxy) is 1. The van der Waals surface area contributed by atoms with E-state index in [0.29, 0.717) is 12.1 Å². The molecule has 1 N–H and O–H groups in total. The van der Waals surface area contributed by atoms with Gasteiger partial charge in [0.15, 0.2) is 0 Å². The number of carbonyl (C=O) groups is 2. The van der Waals surface area contributed by atoms with Crippen molar-refractivity contribution in [2.75, 3.05) is 13.4 Å². The van der Waals surface area contributed by atoms with Gasteiger partial charge in [-0.2, -0.15) is 5.10 Å². The summed E-state index contributed by atoms with van der Waals surface area (Å²) >= 11 is 1.64. The molecule has 7 heteroatoms. The molecule has 0 fully saturated rings. The largest absolute Gasteiger partial charge is 0.469 e. The van der Waals surface area contributed by atoms with Gasteiger partial charge in [0.2, 0.25) is 0 Å². The van der Waals surface area contributed by atoms with Gasteiger partial charge in [-0.3, -0.25) is 14.3 Å². The van der Waals surface area contributed by atoms with Crippen molar-refractivity contribution in [2.24, 2.45) is 0 Å². The van der Waals surface area contributed by atoms with Crippen LogP contribution in [0.15, 0.2) is 59.5 Å². The Hall–Kier alpha value is -3.06. The van der Waals surface area contributed by atoms with Gasteiger partial charge in [0.05, 0.1) is 31.8 Å². The van der Waals surface area contributed by atoms with E-state index in [4.69, 9.17) is 4.74 Å². The topological polar surface area (TPSA) is 73.2 Å². The first-order chi connectivity index (χ1) is 14.9. The first-order valence-electron chi connectivity index (χ1n) is 10.0. The van der Waals surface area contributed by atoms with Crippen molar-refractivity contribution in [1.29, 1.82) is 0 Å². The Morgan fingerprint density at radius 1 is 1.13 bits per heavy atom. The zero-order valence-corrected chi connectivity index (χ0v) is 19.0. The standard InChI is InChI=1S/C24H27N3O3S/c1-16-12-17(2)27(26-16)15-18-6-5-7-20(13-18)24(29)25-22(14-23(28)30-3)19-8-10-21(31-4)11-9-19/h5-13,22H,14-15H2,1-4H3,(H,25,29). The first kappa shape index (κ1) is 22.6. The molecule has 2 aromatic carbocycles. The van der Waals surface area contributed by atoms with Crippen molar-refractivity contribution < 1.29 is 14.3 Å². The van der Waals surface area contributed by atoms with Gasteiger partial charge in [-0.25, -0.2) is 0 Å². The summed E-state index contributed by atoms with van der Waals surface area (Å²) in [4.78, 5) is 26.1. The molecule has 1 amide bonds. The third-order valence-electron chi connectivity index (χ3n) is 5.05. The predicted molar refractivity (Wildman–Crippen MR) is 122 cm³/mol. The number of nitrogens with one attached hydrogen (secondary N) is 1. The summed E-state index contributed by atoms with van der Waals surface area (Å²) in [5.41, 5.74) is 4.40. The van der Waals surface area contributed by atoms with E-state index in [9.17, 15) is 9.59 Å². The minimum absolute atomic E-state index is 0.0618. The lowest BCUT2D eigenvalue weighted by Crippen LogP contribution is -2.30. The van der Waals surface area contributed by atoms with Crippen molar-refractivity contribution in [3.8, 4) is 0 Å². The zero-order valence-electron chi connectivity index (χ0n) is 18.2. The molecule has 0 aliphatic rings. The molecule has 0 aliphatic carbocycles. The highest BCUT2D eigenvalue weighted by molar-refractivity contribution is 7.98. The molecule has 3 rings (SSSR count). The highest BCUT2D eigenvalue weighted by Gasteiger charge is 2.20. The molecule has 6 nitrogen and oxygen atoms in total. The van der Waals surface area contributed by atoms with Crippen LogP contribution in [0.3, 0.4) is 0 Å². The van der Waals surface area contributed by atoms with Crippen LogP contribution in [0.2, 0.25) is 0 Å². The molecule has 3 aromatic rings. The van der Waals surface area contributed by atoms with Gasteiger partial charge in [0.25, 0.3) is 5.91 Å². The fourth-order valence-electron chi connectivity index (χ4n) is 3.40. The van der Waals surface area contributed by atoms with Gasteiger partial charge in [0.1, 0.15) is 0 Å². The fraction of sp³-hybridized carbons (Fsp3) is 0.292. The Balaban J connectivity index is 1.78. The van der Waals surface area contributed by atoms with Crippen LogP contribution in [-0.4, -0.2) is 35.0 Å². The fourth-order valence-corrected chi connectivity index (χ4v) is 3.81. The number of thioether (sulfide) groups is 1. The number of aryl methyl sites for hydroxylation is 2. The summed E-state index contributed by atoms with van der Waals surface area (Å²) in [5.74, 6) is -0.615. The molecule has 0 aliphatic heterocycles. The molecule has 0 spiro atoms. The second-order valence-corrected chi connectivity index (χ2v) is 8.24. The maximum Gasteiger partial charge on any atom is 0.307 e. The Morgan fingerprint density at radius 3 is 2.48 bits per heavy atom. The summed E-state index contributed by atoms with van der Waals surface area (Å²) in [6.45, 7) is 4.55. The minimum Gasteiger partial charge on any atom is -0.469 e. The highest BCUT2D eigenvalue weighted by atomic mass is 32.2. The van der Waals surface area contributed by atoms with E-state index in [1.807, 2.05) is 73.3 Å². The number of hydrogen-bond acceptors (Lipinski definition) is 5.